The molecule has 7 heteroatoms. The lowest BCUT2D eigenvalue weighted by Gasteiger charge is -2.41. The molecule has 1 aromatic carbocycles. The van der Waals surface area contributed by atoms with E-state index < -0.39 is 17.5 Å². The zero-order valence-corrected chi connectivity index (χ0v) is 10.6. The first-order valence-corrected chi connectivity index (χ1v) is 5.62. The molecule has 1 aromatic rings. The second-order valence-electron chi connectivity index (χ2n) is 4.43. The predicted octanol–water partition coefficient (Wildman–Crippen LogP) is 1.76. The number of nitrogens with zero attached hydrogens (tertiary/aromatic N) is 2. The predicted molar refractivity (Wildman–Crippen MR) is 66.5 cm³/mol. The van der Waals surface area contributed by atoms with Crippen LogP contribution in [0.25, 0.3) is 0 Å². The Morgan fingerprint density at radius 3 is 2.16 bits per heavy atom. The van der Waals surface area contributed by atoms with E-state index in [1.165, 1.54) is 19.0 Å². The van der Waals surface area contributed by atoms with Gasteiger partial charge in [-0.15, -0.1) is 0 Å². The van der Waals surface area contributed by atoms with Gasteiger partial charge in [0.25, 0.3) is 0 Å². The summed E-state index contributed by atoms with van der Waals surface area (Å²) in [5.74, 6) is 0. The molecule has 1 aliphatic rings. The van der Waals surface area contributed by atoms with Gasteiger partial charge in [0.05, 0.1) is 17.1 Å². The van der Waals surface area contributed by atoms with E-state index >= 15 is 0 Å². The number of hydrogen-bond donors (Lipinski definition) is 2. The SMILES string of the molecule is CC1=C(N)C(N)(C(F)(F)F)N(c2ccccc2)N1C. The maximum atomic E-state index is 13.4. The number of anilines is 1. The normalized spacial score (nSPS) is 24.3. The molecule has 0 saturated carbocycles. The van der Waals surface area contributed by atoms with Crippen LogP contribution in [-0.4, -0.2) is 23.9 Å². The Labute approximate surface area is 109 Å². The average Bonchev–Trinajstić information content (AvgIpc) is 2.52. The molecule has 0 fully saturated rings. The van der Waals surface area contributed by atoms with Crippen LogP contribution in [0.1, 0.15) is 6.92 Å². The number of allylic oxidation sites excluding steroid dienone is 1. The summed E-state index contributed by atoms with van der Waals surface area (Å²) in [6, 6.07) is 8.11. The highest BCUT2D eigenvalue weighted by Crippen LogP contribution is 2.44. The van der Waals surface area contributed by atoms with Crippen molar-refractivity contribution >= 4 is 5.69 Å². The van der Waals surface area contributed by atoms with Gasteiger partial charge in [-0.05, 0) is 19.1 Å². The smallest absolute Gasteiger partial charge is 0.397 e. The standard InChI is InChI=1S/C12H15F3N4/c1-8-10(16)11(17,12(13,14)15)19(18(8)2)9-6-4-3-5-7-9/h3-7H,16-17H2,1-2H3. The van der Waals surface area contributed by atoms with Crippen molar-refractivity contribution < 1.29 is 13.2 Å². The van der Waals surface area contributed by atoms with Crippen LogP contribution in [0, 0.1) is 0 Å². The molecule has 4 nitrogen and oxygen atoms in total. The van der Waals surface area contributed by atoms with Crippen molar-refractivity contribution in [3.05, 3.63) is 41.7 Å². The number of para-hydroxylation sites is 1. The quantitative estimate of drug-likeness (QED) is 0.818. The fraction of sp³-hybridized carbons (Fsp3) is 0.333. The third kappa shape index (κ3) is 1.73. The minimum absolute atomic E-state index is 0.281. The van der Waals surface area contributed by atoms with Gasteiger partial charge in [0.2, 0.25) is 5.66 Å². The highest BCUT2D eigenvalue weighted by molar-refractivity contribution is 5.55. The fourth-order valence-electron chi connectivity index (χ4n) is 2.17. The highest BCUT2D eigenvalue weighted by Gasteiger charge is 2.63. The summed E-state index contributed by atoms with van der Waals surface area (Å²) >= 11 is 0. The van der Waals surface area contributed by atoms with E-state index in [1.54, 1.807) is 30.3 Å². The molecule has 2 rings (SSSR count). The van der Waals surface area contributed by atoms with E-state index in [-0.39, 0.29) is 5.70 Å². The lowest BCUT2D eigenvalue weighted by Crippen LogP contribution is -2.67. The van der Waals surface area contributed by atoms with Gasteiger partial charge in [-0.25, -0.2) is 0 Å². The number of rotatable bonds is 1. The van der Waals surface area contributed by atoms with Gasteiger partial charge in [0.1, 0.15) is 0 Å². The van der Waals surface area contributed by atoms with Crippen LogP contribution >= 0.6 is 0 Å². The summed E-state index contributed by atoms with van der Waals surface area (Å²) in [4.78, 5) is 0. The summed E-state index contributed by atoms with van der Waals surface area (Å²) in [6.07, 6.45) is -4.70. The van der Waals surface area contributed by atoms with Crippen molar-refractivity contribution in [3.63, 3.8) is 0 Å². The summed E-state index contributed by atoms with van der Waals surface area (Å²) in [7, 11) is 1.50. The Bertz CT molecular complexity index is 511. The van der Waals surface area contributed by atoms with Crippen molar-refractivity contribution in [3.8, 4) is 0 Å². The lowest BCUT2D eigenvalue weighted by atomic mass is 10.1. The molecule has 1 unspecified atom stereocenters. The number of benzene rings is 1. The molecule has 1 heterocycles. The summed E-state index contributed by atoms with van der Waals surface area (Å²) < 4.78 is 40.1. The van der Waals surface area contributed by atoms with Crippen LogP contribution in [-0.2, 0) is 0 Å². The lowest BCUT2D eigenvalue weighted by molar-refractivity contribution is -0.177. The van der Waals surface area contributed by atoms with Gasteiger partial charge >= 0.3 is 6.18 Å². The van der Waals surface area contributed by atoms with E-state index in [9.17, 15) is 13.2 Å². The molecular weight excluding hydrogens is 257 g/mol. The van der Waals surface area contributed by atoms with Gasteiger partial charge in [-0.2, -0.15) is 13.2 Å². The molecular formula is C12H15F3N4. The number of nitrogens with two attached hydrogens (primary N) is 2. The molecule has 104 valence electrons. The molecule has 0 aliphatic carbocycles. The van der Waals surface area contributed by atoms with E-state index in [0.717, 1.165) is 5.01 Å². The van der Waals surface area contributed by atoms with E-state index in [1.807, 2.05) is 0 Å². The van der Waals surface area contributed by atoms with Crippen LogP contribution < -0.4 is 16.5 Å². The van der Waals surface area contributed by atoms with Crippen molar-refractivity contribution in [2.24, 2.45) is 11.5 Å². The molecule has 0 radical (unpaired) electrons. The maximum absolute atomic E-state index is 13.4. The largest absolute Gasteiger partial charge is 0.432 e. The molecule has 0 saturated heterocycles. The van der Waals surface area contributed by atoms with Crippen molar-refractivity contribution in [1.82, 2.24) is 5.01 Å². The second-order valence-corrected chi connectivity index (χ2v) is 4.43. The Balaban J connectivity index is 2.61. The van der Waals surface area contributed by atoms with Crippen LogP contribution in [0.15, 0.2) is 41.7 Å². The summed E-state index contributed by atoms with van der Waals surface area (Å²) in [6.45, 7) is 1.51. The number of hydrazine groups is 1. The maximum Gasteiger partial charge on any atom is 0.432 e. The molecule has 0 spiro atoms. The Hall–Kier alpha value is -1.89. The van der Waals surface area contributed by atoms with Gasteiger partial charge in [0.15, 0.2) is 0 Å². The Morgan fingerprint density at radius 2 is 1.68 bits per heavy atom. The zero-order chi connectivity index (χ0) is 14.4. The minimum atomic E-state index is -4.70. The number of halogens is 3. The molecule has 4 N–H and O–H groups in total. The second kappa shape index (κ2) is 4.06. The van der Waals surface area contributed by atoms with E-state index in [2.05, 4.69) is 0 Å². The molecule has 19 heavy (non-hydrogen) atoms. The average molecular weight is 272 g/mol. The highest BCUT2D eigenvalue weighted by atomic mass is 19.4. The Kier molecular flexibility index (Phi) is 2.89. The van der Waals surface area contributed by atoms with Crippen molar-refractivity contribution in [1.29, 1.82) is 0 Å². The first kappa shape index (κ1) is 13.5. The van der Waals surface area contributed by atoms with Gasteiger partial charge in [-0.1, -0.05) is 18.2 Å². The van der Waals surface area contributed by atoms with Crippen molar-refractivity contribution in [2.75, 3.05) is 12.1 Å². The fourth-order valence-corrected chi connectivity index (χ4v) is 2.17. The minimum Gasteiger partial charge on any atom is -0.397 e. The molecule has 0 amide bonds. The molecule has 0 aromatic heterocycles. The van der Waals surface area contributed by atoms with Crippen LogP contribution in [0.3, 0.4) is 0 Å². The van der Waals surface area contributed by atoms with Crippen LogP contribution in [0.5, 0.6) is 0 Å². The van der Waals surface area contributed by atoms with Crippen LogP contribution in [0.2, 0.25) is 0 Å². The first-order chi connectivity index (χ1) is 8.71. The third-order valence-corrected chi connectivity index (χ3v) is 3.35. The van der Waals surface area contributed by atoms with E-state index in [0.29, 0.717) is 5.69 Å². The molecule has 1 aliphatic heterocycles. The van der Waals surface area contributed by atoms with Gasteiger partial charge in [0, 0.05) is 7.05 Å². The summed E-state index contributed by atoms with van der Waals surface area (Å²) in [5, 5.41) is 2.27. The number of hydrogen-bond acceptors (Lipinski definition) is 4. The topological polar surface area (TPSA) is 58.5 Å². The first-order valence-electron chi connectivity index (χ1n) is 5.62. The Morgan fingerprint density at radius 1 is 1.16 bits per heavy atom. The zero-order valence-electron chi connectivity index (χ0n) is 10.6. The number of alkyl halides is 3. The van der Waals surface area contributed by atoms with Gasteiger partial charge in [-0.3, -0.25) is 15.8 Å². The summed E-state index contributed by atoms with van der Waals surface area (Å²) in [5.41, 5.74) is 8.70. The van der Waals surface area contributed by atoms with Crippen molar-refractivity contribution in [2.45, 2.75) is 18.8 Å². The third-order valence-electron chi connectivity index (χ3n) is 3.35. The van der Waals surface area contributed by atoms with Gasteiger partial charge < -0.3 is 5.73 Å². The monoisotopic (exact) mass is 272 g/mol. The van der Waals surface area contributed by atoms with E-state index in [4.69, 9.17) is 11.5 Å². The molecule has 1 atom stereocenters. The molecule has 0 bridgehead atoms. The van der Waals surface area contributed by atoms with Crippen LogP contribution in [0.4, 0.5) is 18.9 Å².